The lowest BCUT2D eigenvalue weighted by atomic mass is 10.4. The van der Waals surface area contributed by atoms with Crippen molar-refractivity contribution >= 4 is 12.3 Å². The van der Waals surface area contributed by atoms with E-state index in [4.69, 9.17) is 0 Å². The molecule has 0 radical (unpaired) electrons. The number of nitrogens with zero attached hydrogens (tertiary/aromatic N) is 1. The minimum Gasteiger partial charge on any atom is -0.288 e. The molecule has 0 aromatic heterocycles. The van der Waals surface area contributed by atoms with E-state index in [1.165, 1.54) is 7.05 Å². The third kappa shape index (κ3) is 1.28. The van der Waals surface area contributed by atoms with E-state index in [9.17, 15) is 9.59 Å². The molecule has 50 valence electrons. The molecule has 9 heavy (non-hydrogen) atoms. The molecular formula is C6H9NO2. The van der Waals surface area contributed by atoms with Gasteiger partial charge in [-0.2, -0.15) is 0 Å². The highest BCUT2D eigenvalue weighted by Gasteiger charge is 2.31. The zero-order chi connectivity index (χ0) is 6.85. The van der Waals surface area contributed by atoms with E-state index in [1.807, 2.05) is 0 Å². The van der Waals surface area contributed by atoms with Crippen molar-refractivity contribution in [2.75, 3.05) is 7.05 Å². The highest BCUT2D eigenvalue weighted by Crippen LogP contribution is 2.30. The average molecular weight is 127 g/mol. The summed E-state index contributed by atoms with van der Waals surface area (Å²) in [6.45, 7) is 0. The molecule has 0 aromatic rings. The Balaban J connectivity index is 2.39. The van der Waals surface area contributed by atoms with Crippen molar-refractivity contribution in [3.05, 3.63) is 0 Å². The van der Waals surface area contributed by atoms with Gasteiger partial charge >= 0.3 is 0 Å². The number of rotatable bonds is 2. The Bertz CT molecular complexity index is 140. The van der Waals surface area contributed by atoms with Gasteiger partial charge in [-0.15, -0.1) is 0 Å². The van der Waals surface area contributed by atoms with Gasteiger partial charge in [-0.05, 0) is 12.8 Å². The lowest BCUT2D eigenvalue weighted by molar-refractivity contribution is -0.137. The van der Waals surface area contributed by atoms with Gasteiger partial charge in [0.2, 0.25) is 12.3 Å². The Kier molecular flexibility index (Phi) is 1.51. The Morgan fingerprint density at radius 2 is 2.22 bits per heavy atom. The third-order valence-electron chi connectivity index (χ3n) is 1.43. The predicted octanol–water partition coefficient (Wildman–Crippen LogP) is 0.0112. The van der Waals surface area contributed by atoms with E-state index in [1.54, 1.807) is 0 Å². The molecule has 0 N–H and O–H groups in total. The molecule has 1 aliphatic rings. The molecule has 0 saturated heterocycles. The Hall–Kier alpha value is -0.860. The minimum absolute atomic E-state index is 0.0370. The van der Waals surface area contributed by atoms with Crippen LogP contribution in [0.15, 0.2) is 0 Å². The number of carbonyl (C=O) groups excluding carboxylic acids is 2. The molecule has 0 atom stereocenters. The predicted molar refractivity (Wildman–Crippen MR) is 31.6 cm³/mol. The van der Waals surface area contributed by atoms with Gasteiger partial charge in [0.15, 0.2) is 0 Å². The van der Waals surface area contributed by atoms with Gasteiger partial charge in [0.1, 0.15) is 0 Å². The second-order valence-corrected chi connectivity index (χ2v) is 2.33. The molecule has 0 aliphatic heterocycles. The number of imide groups is 1. The first-order valence-corrected chi connectivity index (χ1v) is 2.97. The van der Waals surface area contributed by atoms with Gasteiger partial charge in [0.25, 0.3) is 0 Å². The normalized spacial score (nSPS) is 17.0. The van der Waals surface area contributed by atoms with Crippen molar-refractivity contribution in [1.29, 1.82) is 0 Å². The summed E-state index contributed by atoms with van der Waals surface area (Å²) in [6, 6.07) is 0. The molecule has 1 rings (SSSR count). The molecule has 3 heteroatoms. The van der Waals surface area contributed by atoms with Crippen molar-refractivity contribution in [3.63, 3.8) is 0 Å². The summed E-state index contributed by atoms with van der Waals surface area (Å²) in [5, 5.41) is 0. The largest absolute Gasteiger partial charge is 0.288 e. The first kappa shape index (κ1) is 6.26. The number of amides is 2. The molecule has 0 aromatic carbocycles. The third-order valence-corrected chi connectivity index (χ3v) is 1.43. The number of hydrogen-bond acceptors (Lipinski definition) is 2. The van der Waals surface area contributed by atoms with Gasteiger partial charge < -0.3 is 0 Å². The Morgan fingerprint density at radius 1 is 1.67 bits per heavy atom. The lowest BCUT2D eigenvalue weighted by Crippen LogP contribution is -2.26. The fourth-order valence-electron chi connectivity index (χ4n) is 0.670. The van der Waals surface area contributed by atoms with Crippen LogP contribution >= 0.6 is 0 Å². The summed E-state index contributed by atoms with van der Waals surface area (Å²) < 4.78 is 0. The maximum absolute atomic E-state index is 10.8. The van der Waals surface area contributed by atoms with Gasteiger partial charge in [-0.25, -0.2) is 0 Å². The van der Waals surface area contributed by atoms with Crippen LogP contribution in [0.4, 0.5) is 0 Å². The Morgan fingerprint density at radius 3 is 2.56 bits per heavy atom. The SMILES string of the molecule is CN(C=O)C(=O)C1CC1. The quantitative estimate of drug-likeness (QED) is 0.490. The van der Waals surface area contributed by atoms with Gasteiger partial charge in [0.05, 0.1) is 0 Å². The van der Waals surface area contributed by atoms with Crippen molar-refractivity contribution in [1.82, 2.24) is 4.90 Å². The van der Waals surface area contributed by atoms with E-state index in [2.05, 4.69) is 0 Å². The van der Waals surface area contributed by atoms with Crippen LogP contribution in [-0.4, -0.2) is 24.3 Å². The maximum Gasteiger partial charge on any atom is 0.231 e. The summed E-state index contributed by atoms with van der Waals surface area (Å²) in [5.41, 5.74) is 0. The monoisotopic (exact) mass is 127 g/mol. The van der Waals surface area contributed by atoms with Crippen LogP contribution in [0.25, 0.3) is 0 Å². The van der Waals surface area contributed by atoms with Gasteiger partial charge in [-0.3, -0.25) is 14.5 Å². The summed E-state index contributed by atoms with van der Waals surface area (Å²) in [5.74, 6) is 0.116. The molecule has 3 nitrogen and oxygen atoms in total. The lowest BCUT2D eigenvalue weighted by Gasteiger charge is -2.05. The Labute approximate surface area is 53.6 Å². The second-order valence-electron chi connectivity index (χ2n) is 2.33. The van der Waals surface area contributed by atoms with Crippen LogP contribution in [-0.2, 0) is 9.59 Å². The van der Waals surface area contributed by atoms with Crippen LogP contribution in [0.1, 0.15) is 12.8 Å². The van der Waals surface area contributed by atoms with E-state index < -0.39 is 0 Å². The van der Waals surface area contributed by atoms with Gasteiger partial charge in [-0.1, -0.05) is 0 Å². The van der Waals surface area contributed by atoms with Crippen molar-refractivity contribution in [3.8, 4) is 0 Å². The van der Waals surface area contributed by atoms with E-state index >= 15 is 0 Å². The summed E-state index contributed by atoms with van der Waals surface area (Å²) in [7, 11) is 1.49. The highest BCUT2D eigenvalue weighted by molar-refractivity contribution is 5.88. The molecule has 2 amide bonds. The molecule has 0 spiro atoms. The first-order valence-electron chi connectivity index (χ1n) is 2.97. The molecule has 0 bridgehead atoms. The smallest absolute Gasteiger partial charge is 0.231 e. The molecular weight excluding hydrogens is 118 g/mol. The van der Waals surface area contributed by atoms with Crippen LogP contribution < -0.4 is 0 Å². The fraction of sp³-hybridized carbons (Fsp3) is 0.667. The second kappa shape index (κ2) is 2.17. The summed E-state index contributed by atoms with van der Waals surface area (Å²) >= 11 is 0. The number of hydrogen-bond donors (Lipinski definition) is 0. The molecule has 1 fully saturated rings. The minimum atomic E-state index is -0.0370. The van der Waals surface area contributed by atoms with Crippen LogP contribution in [0.2, 0.25) is 0 Å². The van der Waals surface area contributed by atoms with E-state index in [0.717, 1.165) is 17.7 Å². The first-order chi connectivity index (χ1) is 4.25. The van der Waals surface area contributed by atoms with Crippen LogP contribution in [0, 0.1) is 5.92 Å². The number of carbonyl (C=O) groups is 2. The highest BCUT2D eigenvalue weighted by atomic mass is 16.2. The van der Waals surface area contributed by atoms with Crippen LogP contribution in [0.3, 0.4) is 0 Å². The fourth-order valence-corrected chi connectivity index (χ4v) is 0.670. The van der Waals surface area contributed by atoms with Crippen molar-refractivity contribution < 1.29 is 9.59 Å². The van der Waals surface area contributed by atoms with E-state index in [-0.39, 0.29) is 11.8 Å². The summed E-state index contributed by atoms with van der Waals surface area (Å²) in [6.07, 6.45) is 2.47. The molecule has 0 heterocycles. The summed E-state index contributed by atoms with van der Waals surface area (Å²) in [4.78, 5) is 21.9. The molecule has 0 unspecified atom stereocenters. The van der Waals surface area contributed by atoms with Crippen LogP contribution in [0.5, 0.6) is 0 Å². The maximum atomic E-state index is 10.8. The van der Waals surface area contributed by atoms with E-state index in [0.29, 0.717) is 6.41 Å². The zero-order valence-corrected chi connectivity index (χ0v) is 5.33. The molecule has 1 saturated carbocycles. The van der Waals surface area contributed by atoms with Crippen molar-refractivity contribution in [2.45, 2.75) is 12.8 Å². The average Bonchev–Trinajstić information content (AvgIpc) is 2.66. The topological polar surface area (TPSA) is 37.4 Å². The standard InChI is InChI=1S/C6H9NO2/c1-7(4-8)6(9)5-2-3-5/h4-5H,2-3H2,1H3. The zero-order valence-electron chi connectivity index (χ0n) is 5.33. The van der Waals surface area contributed by atoms with Crippen molar-refractivity contribution in [2.24, 2.45) is 5.92 Å². The van der Waals surface area contributed by atoms with Gasteiger partial charge in [0, 0.05) is 13.0 Å². The molecule has 1 aliphatic carbocycles.